The molecule has 2 saturated heterocycles. The van der Waals surface area contributed by atoms with Crippen LogP contribution in [-0.4, -0.2) is 50.1 Å². The van der Waals surface area contributed by atoms with E-state index >= 15 is 0 Å². The highest BCUT2D eigenvalue weighted by Gasteiger charge is 2.39. The number of piperidine rings is 1. The molecule has 10 heteroatoms. The number of nitrogens with one attached hydrogen (secondary N) is 1. The average Bonchev–Trinajstić information content (AvgIpc) is 3.31. The number of amides is 1. The first-order valence-corrected chi connectivity index (χ1v) is 9.08. The number of carbonyl (C=O) groups excluding carboxylic acids is 1. The van der Waals surface area contributed by atoms with Crippen LogP contribution >= 0.6 is 0 Å². The molecule has 3 aromatic heterocycles. The SMILES string of the molecule is O=C1NCC2CCN(c3cc(-c4cnc5ccc(C(F)F)nn45)ncn3)CC12. The third-order valence-corrected chi connectivity index (χ3v) is 5.48. The lowest BCUT2D eigenvalue weighted by molar-refractivity contribution is -0.122. The standard InChI is InChI=1S/C18H17F2N7O/c19-17(20)12-1-2-15-21-7-14(27(15)25-12)13-5-16(24-9-23-13)26-4-3-10-6-22-18(28)11(10)8-26/h1-2,5,7,9-11,17H,3-4,6,8H2,(H,22,28). The van der Waals surface area contributed by atoms with Crippen LogP contribution in [-0.2, 0) is 4.79 Å². The first-order valence-electron chi connectivity index (χ1n) is 9.08. The molecule has 5 heterocycles. The van der Waals surface area contributed by atoms with Crippen molar-refractivity contribution in [1.82, 2.24) is 29.9 Å². The molecule has 8 nitrogen and oxygen atoms in total. The summed E-state index contributed by atoms with van der Waals surface area (Å²) >= 11 is 0. The van der Waals surface area contributed by atoms with Crippen molar-refractivity contribution in [2.75, 3.05) is 24.5 Å². The van der Waals surface area contributed by atoms with Crippen LogP contribution in [0.1, 0.15) is 18.5 Å². The van der Waals surface area contributed by atoms with Crippen LogP contribution in [0, 0.1) is 11.8 Å². The van der Waals surface area contributed by atoms with E-state index < -0.39 is 6.43 Å². The van der Waals surface area contributed by atoms with E-state index in [0.29, 0.717) is 35.3 Å². The quantitative estimate of drug-likeness (QED) is 0.738. The summed E-state index contributed by atoms with van der Waals surface area (Å²) in [7, 11) is 0. The number of halogens is 2. The number of imidazole rings is 1. The maximum atomic E-state index is 13.0. The Balaban J connectivity index is 1.49. The number of hydrogen-bond acceptors (Lipinski definition) is 6. The van der Waals surface area contributed by atoms with Gasteiger partial charge in [0.2, 0.25) is 5.91 Å². The van der Waals surface area contributed by atoms with Gasteiger partial charge in [0.15, 0.2) is 5.65 Å². The van der Waals surface area contributed by atoms with Gasteiger partial charge in [0.25, 0.3) is 6.43 Å². The van der Waals surface area contributed by atoms with Gasteiger partial charge in [-0.1, -0.05) is 0 Å². The molecule has 3 aromatic rings. The predicted molar refractivity (Wildman–Crippen MR) is 95.8 cm³/mol. The molecule has 0 aliphatic carbocycles. The summed E-state index contributed by atoms with van der Waals surface area (Å²) in [5.74, 6) is 1.14. The smallest absolute Gasteiger partial charge is 0.282 e. The Morgan fingerprint density at radius 3 is 2.96 bits per heavy atom. The van der Waals surface area contributed by atoms with E-state index in [4.69, 9.17) is 0 Å². The third kappa shape index (κ3) is 2.76. The van der Waals surface area contributed by atoms with Gasteiger partial charge in [-0.25, -0.2) is 28.2 Å². The molecule has 2 aliphatic rings. The Morgan fingerprint density at radius 2 is 2.11 bits per heavy atom. The normalized spacial score (nSPS) is 22.0. The van der Waals surface area contributed by atoms with Crippen molar-refractivity contribution in [2.24, 2.45) is 11.8 Å². The van der Waals surface area contributed by atoms with Crippen molar-refractivity contribution in [3.8, 4) is 11.4 Å². The summed E-state index contributed by atoms with van der Waals surface area (Å²) in [6.45, 7) is 2.15. The van der Waals surface area contributed by atoms with Crippen molar-refractivity contribution < 1.29 is 13.6 Å². The van der Waals surface area contributed by atoms with Gasteiger partial charge in [-0.15, -0.1) is 0 Å². The molecule has 0 bridgehead atoms. The number of aromatic nitrogens is 5. The monoisotopic (exact) mass is 385 g/mol. The molecular formula is C18H17F2N7O. The molecule has 2 atom stereocenters. The zero-order valence-corrected chi connectivity index (χ0v) is 14.8. The minimum atomic E-state index is -2.67. The molecule has 2 unspecified atom stereocenters. The second-order valence-electron chi connectivity index (χ2n) is 7.08. The number of anilines is 1. The van der Waals surface area contributed by atoms with Crippen LogP contribution in [0.2, 0.25) is 0 Å². The van der Waals surface area contributed by atoms with Gasteiger partial charge in [-0.05, 0) is 24.5 Å². The molecule has 2 fully saturated rings. The Kier molecular flexibility index (Phi) is 3.92. The zero-order chi connectivity index (χ0) is 19.3. The summed E-state index contributed by atoms with van der Waals surface area (Å²) in [5, 5.41) is 6.91. The van der Waals surface area contributed by atoms with E-state index in [-0.39, 0.29) is 17.5 Å². The van der Waals surface area contributed by atoms with Crippen LogP contribution < -0.4 is 10.2 Å². The second kappa shape index (κ2) is 6.47. The number of fused-ring (bicyclic) bond motifs is 2. The van der Waals surface area contributed by atoms with Crippen molar-refractivity contribution >= 4 is 17.4 Å². The number of nitrogens with zero attached hydrogens (tertiary/aromatic N) is 6. The van der Waals surface area contributed by atoms with Gasteiger partial charge < -0.3 is 10.2 Å². The summed E-state index contributed by atoms with van der Waals surface area (Å²) in [6.07, 6.45) is 1.24. The van der Waals surface area contributed by atoms with Gasteiger partial charge in [0.05, 0.1) is 17.8 Å². The first-order chi connectivity index (χ1) is 13.6. The summed E-state index contributed by atoms with van der Waals surface area (Å²) in [4.78, 5) is 26.9. The Labute approximate surface area is 158 Å². The molecule has 1 amide bonds. The largest absolute Gasteiger partial charge is 0.356 e. The topological polar surface area (TPSA) is 88.3 Å². The van der Waals surface area contributed by atoms with E-state index in [2.05, 4.69) is 30.3 Å². The molecule has 0 radical (unpaired) electrons. The van der Waals surface area contributed by atoms with E-state index in [9.17, 15) is 13.6 Å². The van der Waals surface area contributed by atoms with Crippen LogP contribution in [0.5, 0.6) is 0 Å². The number of hydrogen-bond donors (Lipinski definition) is 1. The first kappa shape index (κ1) is 17.0. The van der Waals surface area contributed by atoms with Crippen LogP contribution in [0.3, 0.4) is 0 Å². The fourth-order valence-electron chi connectivity index (χ4n) is 3.95. The van der Waals surface area contributed by atoms with Crippen molar-refractivity contribution in [2.45, 2.75) is 12.8 Å². The molecule has 144 valence electrons. The van der Waals surface area contributed by atoms with Crippen LogP contribution in [0.4, 0.5) is 14.6 Å². The molecule has 0 saturated carbocycles. The van der Waals surface area contributed by atoms with Gasteiger partial charge in [-0.3, -0.25) is 4.79 Å². The number of rotatable bonds is 3. The van der Waals surface area contributed by atoms with Crippen molar-refractivity contribution in [3.05, 3.63) is 36.4 Å². The minimum Gasteiger partial charge on any atom is -0.356 e. The van der Waals surface area contributed by atoms with Crippen LogP contribution in [0.25, 0.3) is 17.0 Å². The fourth-order valence-corrected chi connectivity index (χ4v) is 3.95. The highest BCUT2D eigenvalue weighted by atomic mass is 19.3. The number of alkyl halides is 2. The van der Waals surface area contributed by atoms with Gasteiger partial charge in [-0.2, -0.15) is 5.10 Å². The van der Waals surface area contributed by atoms with Crippen molar-refractivity contribution in [3.63, 3.8) is 0 Å². The molecule has 0 aromatic carbocycles. The lowest BCUT2D eigenvalue weighted by Gasteiger charge is -2.34. The predicted octanol–water partition coefficient (Wildman–Crippen LogP) is 1.70. The van der Waals surface area contributed by atoms with Crippen LogP contribution in [0.15, 0.2) is 30.7 Å². The van der Waals surface area contributed by atoms with E-state index in [0.717, 1.165) is 19.5 Å². The average molecular weight is 385 g/mol. The molecule has 1 N–H and O–H groups in total. The van der Waals surface area contributed by atoms with Gasteiger partial charge in [0, 0.05) is 25.7 Å². The van der Waals surface area contributed by atoms with E-state index in [1.165, 1.54) is 23.0 Å². The molecule has 28 heavy (non-hydrogen) atoms. The van der Waals surface area contributed by atoms with Gasteiger partial charge in [0.1, 0.15) is 23.5 Å². The Morgan fingerprint density at radius 1 is 1.21 bits per heavy atom. The third-order valence-electron chi connectivity index (χ3n) is 5.48. The summed E-state index contributed by atoms with van der Waals surface area (Å²) < 4.78 is 27.4. The molecule has 5 rings (SSSR count). The minimum absolute atomic E-state index is 0.0294. The lowest BCUT2D eigenvalue weighted by Crippen LogP contribution is -2.41. The maximum Gasteiger partial charge on any atom is 0.282 e. The highest BCUT2D eigenvalue weighted by Crippen LogP contribution is 2.31. The fraction of sp³-hybridized carbons (Fsp3) is 0.389. The number of carbonyl (C=O) groups is 1. The summed E-state index contributed by atoms with van der Waals surface area (Å²) in [5.41, 5.74) is 1.18. The van der Waals surface area contributed by atoms with Crippen molar-refractivity contribution in [1.29, 1.82) is 0 Å². The second-order valence-corrected chi connectivity index (χ2v) is 7.08. The Bertz CT molecular complexity index is 1050. The lowest BCUT2D eigenvalue weighted by atomic mass is 9.88. The molecule has 2 aliphatic heterocycles. The van der Waals surface area contributed by atoms with E-state index in [1.54, 1.807) is 12.3 Å². The Hall–Kier alpha value is -3.17. The van der Waals surface area contributed by atoms with E-state index in [1.807, 2.05) is 0 Å². The maximum absolute atomic E-state index is 13.0. The molecule has 0 spiro atoms. The highest BCUT2D eigenvalue weighted by molar-refractivity contribution is 5.82. The van der Waals surface area contributed by atoms with Gasteiger partial charge >= 0.3 is 0 Å². The molecular weight excluding hydrogens is 368 g/mol. The summed E-state index contributed by atoms with van der Waals surface area (Å²) in [6, 6.07) is 4.55. The zero-order valence-electron chi connectivity index (χ0n) is 14.8.